The van der Waals surface area contributed by atoms with Gasteiger partial charge in [-0.3, -0.25) is 4.79 Å². The third-order valence-electron chi connectivity index (χ3n) is 5.48. The minimum Gasteiger partial charge on any atom is -0.341 e. The van der Waals surface area contributed by atoms with Crippen molar-refractivity contribution in [2.45, 2.75) is 38.6 Å². The Morgan fingerprint density at radius 2 is 1.88 bits per heavy atom. The molecule has 2 aromatic rings. The summed E-state index contributed by atoms with van der Waals surface area (Å²) in [5, 5.41) is 12.2. The van der Waals surface area contributed by atoms with Gasteiger partial charge in [0.15, 0.2) is 0 Å². The highest BCUT2D eigenvalue weighted by molar-refractivity contribution is 5.76. The van der Waals surface area contributed by atoms with Crippen LogP contribution in [-0.2, 0) is 11.3 Å². The van der Waals surface area contributed by atoms with E-state index in [1.807, 2.05) is 4.90 Å². The van der Waals surface area contributed by atoms with Gasteiger partial charge in [0.25, 0.3) is 0 Å². The van der Waals surface area contributed by atoms with E-state index in [2.05, 4.69) is 15.4 Å². The smallest absolute Gasteiger partial charge is 0.246 e. The van der Waals surface area contributed by atoms with Crippen LogP contribution in [0.1, 0.15) is 32.1 Å². The maximum absolute atomic E-state index is 13.0. The molecule has 6 nitrogen and oxygen atoms in total. The van der Waals surface area contributed by atoms with Crippen molar-refractivity contribution in [3.8, 4) is 11.4 Å². The van der Waals surface area contributed by atoms with Gasteiger partial charge in [0.1, 0.15) is 12.4 Å². The summed E-state index contributed by atoms with van der Waals surface area (Å²) in [5.41, 5.74) is 0.683. The molecule has 1 saturated carbocycles. The molecule has 1 amide bonds. The molecular formula is C18H22FN5O. The summed E-state index contributed by atoms with van der Waals surface area (Å²) >= 11 is 0. The van der Waals surface area contributed by atoms with Gasteiger partial charge >= 0.3 is 0 Å². The van der Waals surface area contributed by atoms with Crippen LogP contribution in [0.2, 0.25) is 0 Å². The first-order chi connectivity index (χ1) is 12.2. The molecule has 2 aliphatic rings. The molecule has 1 aliphatic heterocycles. The van der Waals surface area contributed by atoms with Crippen molar-refractivity contribution in [1.29, 1.82) is 0 Å². The van der Waals surface area contributed by atoms with Crippen molar-refractivity contribution in [2.24, 2.45) is 11.8 Å². The number of hydrogen-bond acceptors (Lipinski definition) is 4. The Kier molecular flexibility index (Phi) is 4.46. The van der Waals surface area contributed by atoms with Crippen LogP contribution in [0.5, 0.6) is 0 Å². The molecule has 1 aliphatic carbocycles. The summed E-state index contributed by atoms with van der Waals surface area (Å²) in [6, 6.07) is 5.92. The fraction of sp³-hybridized carbons (Fsp3) is 0.556. The minimum atomic E-state index is -0.308. The zero-order valence-corrected chi connectivity index (χ0v) is 14.1. The van der Waals surface area contributed by atoms with Gasteiger partial charge in [-0.05, 0) is 54.2 Å². The Morgan fingerprint density at radius 1 is 1.12 bits per heavy atom. The number of halogens is 1. The number of tetrazole rings is 1. The maximum Gasteiger partial charge on any atom is 0.246 e. The van der Waals surface area contributed by atoms with Gasteiger partial charge in [-0.15, -0.1) is 10.2 Å². The van der Waals surface area contributed by atoms with Gasteiger partial charge < -0.3 is 4.90 Å². The molecule has 2 fully saturated rings. The molecule has 2 heterocycles. The van der Waals surface area contributed by atoms with Crippen LogP contribution >= 0.6 is 0 Å². The normalized spacial score (nSPS) is 23.3. The molecular weight excluding hydrogens is 321 g/mol. The van der Waals surface area contributed by atoms with E-state index in [1.54, 1.807) is 12.1 Å². The zero-order chi connectivity index (χ0) is 17.2. The second kappa shape index (κ2) is 6.90. The number of aromatic nitrogens is 4. The molecule has 1 aromatic heterocycles. The Labute approximate surface area is 146 Å². The summed E-state index contributed by atoms with van der Waals surface area (Å²) in [4.78, 5) is 15.9. The molecule has 1 aromatic carbocycles. The van der Waals surface area contributed by atoms with Crippen LogP contribution in [0.25, 0.3) is 11.4 Å². The monoisotopic (exact) mass is 343 g/mol. The summed E-state index contributed by atoms with van der Waals surface area (Å²) in [6.45, 7) is 1.80. The average molecular weight is 343 g/mol. The topological polar surface area (TPSA) is 63.9 Å². The summed E-state index contributed by atoms with van der Waals surface area (Å²) in [6.07, 6.45) is 6.30. The van der Waals surface area contributed by atoms with Gasteiger partial charge in [-0.25, -0.2) is 4.39 Å². The Bertz CT molecular complexity index is 744. The molecule has 0 unspecified atom stereocenters. The number of piperidine rings is 1. The lowest BCUT2D eigenvalue weighted by atomic mass is 9.75. The fourth-order valence-corrected chi connectivity index (χ4v) is 4.07. The van der Waals surface area contributed by atoms with Crippen LogP contribution in [0, 0.1) is 17.7 Å². The molecule has 0 radical (unpaired) electrons. The fourth-order valence-electron chi connectivity index (χ4n) is 4.07. The zero-order valence-electron chi connectivity index (χ0n) is 14.1. The molecule has 0 bridgehead atoms. The highest BCUT2D eigenvalue weighted by Gasteiger charge is 2.33. The van der Waals surface area contributed by atoms with E-state index in [9.17, 15) is 9.18 Å². The van der Waals surface area contributed by atoms with Crippen LogP contribution in [0.3, 0.4) is 0 Å². The molecule has 0 spiro atoms. The van der Waals surface area contributed by atoms with Crippen molar-refractivity contribution in [2.75, 3.05) is 13.1 Å². The average Bonchev–Trinajstić information content (AvgIpc) is 3.10. The molecule has 4 rings (SSSR count). The molecule has 2 atom stereocenters. The van der Waals surface area contributed by atoms with E-state index in [0.717, 1.165) is 25.4 Å². The maximum atomic E-state index is 13.0. The van der Waals surface area contributed by atoms with E-state index in [-0.39, 0.29) is 18.3 Å². The van der Waals surface area contributed by atoms with Crippen molar-refractivity contribution in [3.05, 3.63) is 30.1 Å². The van der Waals surface area contributed by atoms with Crippen molar-refractivity contribution >= 4 is 5.91 Å². The van der Waals surface area contributed by atoms with Crippen molar-refractivity contribution < 1.29 is 9.18 Å². The lowest BCUT2D eigenvalue weighted by Crippen LogP contribution is -2.46. The molecule has 132 valence electrons. The largest absolute Gasteiger partial charge is 0.341 e. The van der Waals surface area contributed by atoms with E-state index in [1.165, 1.54) is 42.6 Å². The lowest BCUT2D eigenvalue weighted by Gasteiger charge is -2.41. The number of likely N-dealkylation sites (tertiary alicyclic amines) is 1. The van der Waals surface area contributed by atoms with Crippen LogP contribution in [-0.4, -0.2) is 44.1 Å². The third kappa shape index (κ3) is 3.55. The number of benzene rings is 1. The van der Waals surface area contributed by atoms with Crippen LogP contribution in [0.15, 0.2) is 24.3 Å². The lowest BCUT2D eigenvalue weighted by molar-refractivity contribution is -0.135. The second-order valence-electron chi connectivity index (χ2n) is 7.08. The van der Waals surface area contributed by atoms with Gasteiger partial charge in [0.05, 0.1) is 0 Å². The highest BCUT2D eigenvalue weighted by atomic mass is 19.1. The van der Waals surface area contributed by atoms with Crippen LogP contribution in [0.4, 0.5) is 4.39 Å². The first kappa shape index (κ1) is 16.2. The van der Waals surface area contributed by atoms with Gasteiger partial charge in [0, 0.05) is 18.7 Å². The number of nitrogens with zero attached hydrogens (tertiary/aromatic N) is 5. The number of rotatable bonds is 3. The van der Waals surface area contributed by atoms with E-state index in [4.69, 9.17) is 0 Å². The van der Waals surface area contributed by atoms with E-state index in [0.29, 0.717) is 17.3 Å². The minimum absolute atomic E-state index is 0.0482. The third-order valence-corrected chi connectivity index (χ3v) is 5.48. The molecule has 7 heteroatoms. The number of amides is 1. The first-order valence-corrected chi connectivity index (χ1v) is 9.00. The van der Waals surface area contributed by atoms with Crippen LogP contribution < -0.4 is 0 Å². The number of fused-ring (bicyclic) bond motifs is 1. The summed E-state index contributed by atoms with van der Waals surface area (Å²) in [5.74, 6) is 1.60. The van der Waals surface area contributed by atoms with Gasteiger partial charge in [0.2, 0.25) is 11.7 Å². The van der Waals surface area contributed by atoms with E-state index < -0.39 is 0 Å². The standard InChI is InChI=1S/C18H22FN5O/c19-16-7-5-14(6-8-16)18-20-22-24(21-18)12-17(25)23-10-9-13-3-1-2-4-15(13)11-23/h5-8,13,15H,1-4,9-12H2/t13-,15-/m0/s1. The Balaban J connectivity index is 1.39. The highest BCUT2D eigenvalue weighted by Crippen LogP contribution is 2.36. The molecule has 25 heavy (non-hydrogen) atoms. The number of carbonyl (C=O) groups is 1. The van der Waals surface area contributed by atoms with Gasteiger partial charge in [-0.2, -0.15) is 4.80 Å². The Morgan fingerprint density at radius 3 is 2.68 bits per heavy atom. The second-order valence-corrected chi connectivity index (χ2v) is 7.08. The summed E-state index contributed by atoms with van der Waals surface area (Å²) in [7, 11) is 0. The number of hydrogen-bond donors (Lipinski definition) is 0. The predicted octanol–water partition coefficient (Wildman–Crippen LogP) is 2.52. The van der Waals surface area contributed by atoms with Gasteiger partial charge in [-0.1, -0.05) is 19.3 Å². The molecule has 0 N–H and O–H groups in total. The van der Waals surface area contributed by atoms with E-state index >= 15 is 0 Å². The van der Waals surface area contributed by atoms with Crippen molar-refractivity contribution in [1.82, 2.24) is 25.1 Å². The van der Waals surface area contributed by atoms with Crippen molar-refractivity contribution in [3.63, 3.8) is 0 Å². The molecule has 1 saturated heterocycles. The predicted molar refractivity (Wildman–Crippen MR) is 89.9 cm³/mol. The SMILES string of the molecule is O=C(Cn1nnc(-c2ccc(F)cc2)n1)N1CC[C@@H]2CCCC[C@H]2C1. The number of carbonyl (C=O) groups excluding carboxylic acids is 1. The Hall–Kier alpha value is -2.31. The first-order valence-electron chi connectivity index (χ1n) is 9.00. The summed E-state index contributed by atoms with van der Waals surface area (Å²) < 4.78 is 13.0. The quantitative estimate of drug-likeness (QED) is 0.859.